The van der Waals surface area contributed by atoms with Gasteiger partial charge >= 0.3 is 0 Å². The third-order valence-corrected chi connectivity index (χ3v) is 1.88. The highest BCUT2D eigenvalue weighted by Crippen LogP contribution is 2.09. The van der Waals surface area contributed by atoms with Gasteiger partial charge in [-0.2, -0.15) is 0 Å². The van der Waals surface area contributed by atoms with Crippen molar-refractivity contribution in [2.75, 3.05) is 0 Å². The molecule has 0 bridgehead atoms. The van der Waals surface area contributed by atoms with Crippen LogP contribution in [-0.2, 0) is 0 Å². The van der Waals surface area contributed by atoms with Crippen LogP contribution >= 0.6 is 12.2 Å². The maximum absolute atomic E-state index is 4.75. The average molecular weight is 174 g/mol. The second-order valence-electron chi connectivity index (χ2n) is 2.45. The van der Waals surface area contributed by atoms with Crippen LogP contribution in [0.15, 0.2) is 30.3 Å². The van der Waals surface area contributed by atoms with Gasteiger partial charge in [-0.3, -0.25) is 0 Å². The van der Waals surface area contributed by atoms with Crippen LogP contribution in [0, 0.1) is 0 Å². The Bertz CT molecular complexity index is 426. The van der Waals surface area contributed by atoms with Gasteiger partial charge in [0.25, 0.3) is 0 Å². The van der Waals surface area contributed by atoms with E-state index in [2.05, 4.69) is 10.2 Å². The molecule has 0 saturated carbocycles. The number of hydrogen-bond donors (Lipinski definition) is 0. The number of aromatic nitrogens is 2. The molecule has 0 aliphatic rings. The zero-order valence-corrected chi connectivity index (χ0v) is 7.08. The Hall–Kier alpha value is -1.35. The molecule has 0 N–H and O–H groups in total. The van der Waals surface area contributed by atoms with E-state index in [9.17, 15) is 0 Å². The number of thiocarbonyl (C=S) groups is 1. The van der Waals surface area contributed by atoms with E-state index in [1.165, 1.54) is 5.37 Å². The zero-order chi connectivity index (χ0) is 8.39. The van der Waals surface area contributed by atoms with Gasteiger partial charge in [-0.05, 0) is 12.1 Å². The monoisotopic (exact) mass is 174 g/mol. The fourth-order valence-electron chi connectivity index (χ4n) is 1.06. The SMILES string of the molecule is S=Cc1cc2ccccc2nn1. The Morgan fingerprint density at radius 2 is 2.00 bits per heavy atom. The van der Waals surface area contributed by atoms with E-state index in [0.29, 0.717) is 0 Å². The summed E-state index contributed by atoms with van der Waals surface area (Å²) >= 11 is 4.75. The predicted octanol–water partition coefficient (Wildman–Crippen LogP) is 1.98. The smallest absolute Gasteiger partial charge is 0.0970 e. The van der Waals surface area contributed by atoms with Crippen molar-refractivity contribution < 1.29 is 0 Å². The fourth-order valence-corrected chi connectivity index (χ4v) is 1.17. The van der Waals surface area contributed by atoms with Crippen molar-refractivity contribution >= 4 is 28.5 Å². The van der Waals surface area contributed by atoms with Crippen molar-refractivity contribution in [2.24, 2.45) is 0 Å². The second kappa shape index (κ2) is 2.95. The van der Waals surface area contributed by atoms with Crippen molar-refractivity contribution in [1.82, 2.24) is 10.2 Å². The van der Waals surface area contributed by atoms with Crippen molar-refractivity contribution in [3.63, 3.8) is 0 Å². The number of rotatable bonds is 1. The lowest BCUT2D eigenvalue weighted by molar-refractivity contribution is 1.07. The molecular formula is C9H6N2S. The van der Waals surface area contributed by atoms with Gasteiger partial charge < -0.3 is 0 Å². The predicted molar refractivity (Wildman–Crippen MR) is 52.3 cm³/mol. The molecule has 0 radical (unpaired) electrons. The minimum absolute atomic E-state index is 0.740. The standard InChI is InChI=1S/C9H6N2S/c12-6-8-5-7-3-1-2-4-9(7)11-10-8/h1-6H. The van der Waals surface area contributed by atoms with Gasteiger partial charge in [-0.15, -0.1) is 10.2 Å². The molecule has 58 valence electrons. The molecule has 0 spiro atoms. The Kier molecular flexibility index (Phi) is 1.80. The van der Waals surface area contributed by atoms with Crippen LogP contribution in [0.3, 0.4) is 0 Å². The molecule has 1 aromatic carbocycles. The van der Waals surface area contributed by atoms with Crippen LogP contribution in [0.2, 0.25) is 0 Å². The van der Waals surface area contributed by atoms with Gasteiger partial charge in [0.1, 0.15) is 0 Å². The lowest BCUT2D eigenvalue weighted by Gasteiger charge is -1.94. The topological polar surface area (TPSA) is 25.8 Å². The summed E-state index contributed by atoms with van der Waals surface area (Å²) in [5, 5.41) is 10.5. The van der Waals surface area contributed by atoms with Gasteiger partial charge in [0.05, 0.1) is 11.2 Å². The normalized spacial score (nSPS) is 10.0. The lowest BCUT2D eigenvalue weighted by Crippen LogP contribution is -1.89. The minimum Gasteiger partial charge on any atom is -0.150 e. The second-order valence-corrected chi connectivity index (χ2v) is 2.68. The molecule has 3 heteroatoms. The van der Waals surface area contributed by atoms with Crippen molar-refractivity contribution in [3.05, 3.63) is 36.0 Å². The summed E-state index contributed by atoms with van der Waals surface area (Å²) in [6.45, 7) is 0. The zero-order valence-electron chi connectivity index (χ0n) is 6.27. The van der Waals surface area contributed by atoms with Crippen molar-refractivity contribution in [1.29, 1.82) is 0 Å². The first-order chi connectivity index (χ1) is 5.90. The molecule has 0 amide bonds. The Morgan fingerprint density at radius 3 is 2.83 bits per heavy atom. The van der Waals surface area contributed by atoms with E-state index in [-0.39, 0.29) is 0 Å². The summed E-state index contributed by atoms with van der Waals surface area (Å²) in [5.74, 6) is 0. The number of benzene rings is 1. The highest BCUT2D eigenvalue weighted by molar-refractivity contribution is 7.79. The van der Waals surface area contributed by atoms with Crippen LogP contribution in [0.5, 0.6) is 0 Å². The van der Waals surface area contributed by atoms with Crippen LogP contribution in [0.1, 0.15) is 5.69 Å². The summed E-state index contributed by atoms with van der Waals surface area (Å²) in [6.07, 6.45) is 0. The molecular weight excluding hydrogens is 168 g/mol. The lowest BCUT2D eigenvalue weighted by atomic mass is 10.2. The van der Waals surface area contributed by atoms with Gasteiger partial charge in [0.2, 0.25) is 0 Å². The summed E-state index contributed by atoms with van der Waals surface area (Å²) < 4.78 is 0. The molecule has 2 rings (SSSR count). The molecule has 0 fully saturated rings. The molecule has 0 saturated heterocycles. The van der Waals surface area contributed by atoms with Crippen LogP contribution in [0.4, 0.5) is 0 Å². The van der Waals surface area contributed by atoms with E-state index in [1.807, 2.05) is 30.3 Å². The molecule has 2 nitrogen and oxygen atoms in total. The average Bonchev–Trinajstić information content (AvgIpc) is 2.17. The number of nitrogens with zero attached hydrogens (tertiary/aromatic N) is 2. The first-order valence-electron chi connectivity index (χ1n) is 3.58. The van der Waals surface area contributed by atoms with Crippen molar-refractivity contribution in [3.8, 4) is 0 Å². The molecule has 1 aromatic heterocycles. The molecule has 2 aromatic rings. The molecule has 0 atom stereocenters. The van der Waals surface area contributed by atoms with E-state index < -0.39 is 0 Å². The molecule has 12 heavy (non-hydrogen) atoms. The first-order valence-corrected chi connectivity index (χ1v) is 4.05. The largest absolute Gasteiger partial charge is 0.150 e. The van der Waals surface area contributed by atoms with E-state index in [4.69, 9.17) is 12.2 Å². The summed E-state index contributed by atoms with van der Waals surface area (Å²) in [7, 11) is 0. The van der Waals surface area contributed by atoms with Gasteiger partial charge in [-0.1, -0.05) is 30.4 Å². The Morgan fingerprint density at radius 1 is 1.17 bits per heavy atom. The van der Waals surface area contributed by atoms with E-state index in [0.717, 1.165) is 16.6 Å². The van der Waals surface area contributed by atoms with E-state index >= 15 is 0 Å². The van der Waals surface area contributed by atoms with Gasteiger partial charge in [0, 0.05) is 10.8 Å². The van der Waals surface area contributed by atoms with E-state index in [1.54, 1.807) is 0 Å². The first kappa shape index (κ1) is 7.31. The molecule has 1 heterocycles. The highest BCUT2D eigenvalue weighted by Gasteiger charge is 1.94. The van der Waals surface area contributed by atoms with Gasteiger partial charge in [-0.25, -0.2) is 0 Å². The summed E-state index contributed by atoms with van der Waals surface area (Å²) in [6, 6.07) is 9.75. The molecule has 0 aliphatic carbocycles. The summed E-state index contributed by atoms with van der Waals surface area (Å²) in [5.41, 5.74) is 1.64. The Balaban J connectivity index is 2.75. The third-order valence-electron chi connectivity index (χ3n) is 1.63. The fraction of sp³-hybridized carbons (Fsp3) is 0. The van der Waals surface area contributed by atoms with Crippen LogP contribution in [0.25, 0.3) is 10.9 Å². The van der Waals surface area contributed by atoms with Crippen molar-refractivity contribution in [2.45, 2.75) is 0 Å². The number of hydrogen-bond acceptors (Lipinski definition) is 3. The number of fused-ring (bicyclic) bond motifs is 1. The summed E-state index contributed by atoms with van der Waals surface area (Å²) in [4.78, 5) is 0. The minimum atomic E-state index is 0.740. The van der Waals surface area contributed by atoms with Gasteiger partial charge in [0.15, 0.2) is 0 Å². The highest BCUT2D eigenvalue weighted by atomic mass is 32.1. The molecule has 0 unspecified atom stereocenters. The van der Waals surface area contributed by atoms with Crippen LogP contribution < -0.4 is 0 Å². The van der Waals surface area contributed by atoms with Crippen LogP contribution in [-0.4, -0.2) is 15.6 Å². The quantitative estimate of drug-likeness (QED) is 0.618. The third kappa shape index (κ3) is 1.19. The maximum Gasteiger partial charge on any atom is 0.0970 e. The molecule has 0 aliphatic heterocycles. The Labute approximate surface area is 75.2 Å². The maximum atomic E-state index is 4.75.